The molecule has 0 saturated carbocycles. The van der Waals surface area contributed by atoms with Gasteiger partial charge in [0.05, 0.1) is 0 Å². The molecule has 0 aromatic heterocycles. The molecule has 2 aliphatic carbocycles. The molecule has 13 heavy (non-hydrogen) atoms. The van der Waals surface area contributed by atoms with Crippen molar-refractivity contribution < 1.29 is 28.2 Å². The van der Waals surface area contributed by atoms with E-state index in [1.165, 1.54) is 12.8 Å². The van der Waals surface area contributed by atoms with Gasteiger partial charge in [-0.2, -0.15) is 0 Å². The summed E-state index contributed by atoms with van der Waals surface area (Å²) in [5.74, 6) is 0. The molecule has 2 aliphatic rings. The predicted molar refractivity (Wildman–Crippen MR) is 45.9 cm³/mol. The molecule has 0 aromatic carbocycles. The first-order chi connectivity index (χ1) is 6.45. The molecule has 2 rings (SSSR count). The molecule has 66 valence electrons. The summed E-state index contributed by atoms with van der Waals surface area (Å²) >= 11 is 0.167. The van der Waals surface area contributed by atoms with Crippen molar-refractivity contribution in [1.29, 1.82) is 0 Å². The van der Waals surface area contributed by atoms with Crippen LogP contribution in [0.1, 0.15) is 12.8 Å². The van der Waals surface area contributed by atoms with E-state index in [2.05, 4.69) is 37.9 Å². The van der Waals surface area contributed by atoms with E-state index in [9.17, 15) is 0 Å². The fourth-order valence-electron chi connectivity index (χ4n) is 0.797. The minimum Gasteiger partial charge on any atom is -0.281 e. The summed E-state index contributed by atoms with van der Waals surface area (Å²) in [6.07, 6.45) is 11.7. The van der Waals surface area contributed by atoms with Crippen LogP contribution in [-0.2, 0) is 28.2 Å². The molecule has 0 atom stereocenters. The third-order valence-electron chi connectivity index (χ3n) is 1.37. The Morgan fingerprint density at radius 2 is 1.69 bits per heavy atom. The van der Waals surface area contributed by atoms with Gasteiger partial charge < -0.3 is 0 Å². The number of allylic oxidation sites excluding steroid dienone is 6. The van der Waals surface area contributed by atoms with Crippen LogP contribution in [0.25, 0.3) is 0 Å². The van der Waals surface area contributed by atoms with Crippen LogP contribution < -0.4 is 0 Å². The fraction of sp³-hybridized carbons (Fsp3) is 0.200. The maximum Gasteiger partial charge on any atom is 0.281 e. The smallest absolute Gasteiger partial charge is 0.281 e. The van der Waals surface area contributed by atoms with Crippen LogP contribution in [0.2, 0.25) is 0 Å². The van der Waals surface area contributed by atoms with E-state index < -0.39 is 0 Å². The molecule has 0 spiro atoms. The van der Waals surface area contributed by atoms with Crippen molar-refractivity contribution >= 4 is 13.6 Å². The normalized spacial score (nSPS) is 15.7. The molecule has 0 aliphatic heterocycles. The average Bonchev–Trinajstić information content (AvgIpc) is 2.87. The van der Waals surface area contributed by atoms with Crippen LogP contribution in [-0.4, -0.2) is 13.6 Å². The van der Waals surface area contributed by atoms with Crippen LogP contribution in [0.5, 0.6) is 0 Å². The summed E-state index contributed by atoms with van der Waals surface area (Å²) in [6.45, 7) is 9.00. The van der Waals surface area contributed by atoms with E-state index in [1.807, 2.05) is 0 Å². The van der Waals surface area contributed by atoms with Gasteiger partial charge in [-0.1, -0.05) is 0 Å². The van der Waals surface area contributed by atoms with Gasteiger partial charge in [0.15, 0.2) is 0 Å². The molecular weight excluding hydrogens is 248 g/mol. The molecule has 0 amide bonds. The van der Waals surface area contributed by atoms with Gasteiger partial charge in [-0.05, 0) is 0 Å². The number of hydrogen-bond donors (Lipinski definition) is 0. The topological polar surface area (TPSA) is 34.1 Å². The van der Waals surface area contributed by atoms with Crippen molar-refractivity contribution in [3.8, 4) is 0 Å². The maximum atomic E-state index is 7.50. The second-order valence-corrected chi connectivity index (χ2v) is 5.32. The molecule has 0 fully saturated rings. The third kappa shape index (κ3) is 5.48. The van der Waals surface area contributed by atoms with E-state index >= 15 is 0 Å². The molecule has 3 heteroatoms. The molecule has 0 saturated heterocycles. The van der Waals surface area contributed by atoms with Gasteiger partial charge in [0.2, 0.25) is 0 Å². The molecular formula is C10H8MoO2. The Balaban J connectivity index is 0.000000322. The zero-order chi connectivity index (χ0) is 10.1. The van der Waals surface area contributed by atoms with Crippen molar-refractivity contribution in [3.63, 3.8) is 0 Å². The fourth-order valence-corrected chi connectivity index (χ4v) is 3.04. The van der Waals surface area contributed by atoms with Crippen LogP contribution in [0.15, 0.2) is 32.2 Å². The minimum atomic E-state index is 0.167. The first-order valence-corrected chi connectivity index (χ1v) is 5.59. The molecule has 2 nitrogen and oxygen atoms in total. The van der Waals surface area contributed by atoms with Crippen LogP contribution in [0.4, 0.5) is 0 Å². The van der Waals surface area contributed by atoms with Gasteiger partial charge in [0.1, 0.15) is 0 Å². The summed E-state index contributed by atoms with van der Waals surface area (Å²) in [5.41, 5.74) is 0. The summed E-state index contributed by atoms with van der Waals surface area (Å²) in [5, 5.41) is 0. The third-order valence-corrected chi connectivity index (χ3v) is 4.22. The number of rotatable bonds is 2. The van der Waals surface area contributed by atoms with Crippen molar-refractivity contribution in [3.05, 3.63) is 32.2 Å². The molecule has 0 bridgehead atoms. The molecule has 0 heterocycles. The summed E-state index contributed by atoms with van der Waals surface area (Å²) in [4.78, 5) is 15.0. The number of carbonyl (C=O) groups excluding carboxylic acids is 2. The second-order valence-electron chi connectivity index (χ2n) is 2.24. The summed E-state index contributed by atoms with van der Waals surface area (Å²) in [7, 11) is 0. The van der Waals surface area contributed by atoms with Crippen LogP contribution in [0.3, 0.4) is 0 Å². The zero-order valence-corrected chi connectivity index (χ0v) is 8.96. The molecule has 0 aromatic rings. The predicted octanol–water partition coefficient (Wildman–Crippen LogP) is 1.41. The second kappa shape index (κ2) is 7.87. The quantitative estimate of drug-likeness (QED) is 0.700. The van der Waals surface area contributed by atoms with Gasteiger partial charge in [-0.25, -0.2) is 0 Å². The van der Waals surface area contributed by atoms with Crippen molar-refractivity contribution in [2.45, 2.75) is 12.8 Å². The van der Waals surface area contributed by atoms with Crippen molar-refractivity contribution in [2.75, 3.05) is 0 Å². The Bertz CT molecular complexity index is 239. The maximum absolute atomic E-state index is 7.50. The van der Waals surface area contributed by atoms with Crippen LogP contribution in [0, 0.1) is 0 Å². The summed E-state index contributed by atoms with van der Waals surface area (Å²) < 4.78 is 3.47. The average molecular weight is 256 g/mol. The molecule has 0 unspecified atom stereocenters. The van der Waals surface area contributed by atoms with Gasteiger partial charge in [-0.3, -0.25) is 9.59 Å². The van der Waals surface area contributed by atoms with Gasteiger partial charge in [0.25, 0.3) is 13.6 Å². The van der Waals surface area contributed by atoms with Gasteiger partial charge >= 0.3 is 63.6 Å². The van der Waals surface area contributed by atoms with E-state index in [0.29, 0.717) is 0 Å². The van der Waals surface area contributed by atoms with Gasteiger partial charge in [0, 0.05) is 0 Å². The Morgan fingerprint density at radius 1 is 1.08 bits per heavy atom. The van der Waals surface area contributed by atoms with Crippen LogP contribution >= 0.6 is 0 Å². The van der Waals surface area contributed by atoms with Crippen molar-refractivity contribution in [1.82, 2.24) is 0 Å². The number of hydrogen-bond acceptors (Lipinski definition) is 2. The minimum absolute atomic E-state index is 0.167. The standard InChI is InChI=1S/C5H5.C3H3.2CO.Mo/c1-2-4-5-3-1;1-2-3-1;2*1-2;/h1-3H,4H2;1H,2H2;;;. The first-order valence-electron chi connectivity index (χ1n) is 3.58. The largest absolute Gasteiger partial charge is 0.281 e. The molecule has 0 N–H and O–H groups in total. The Kier molecular flexibility index (Phi) is 7.42. The van der Waals surface area contributed by atoms with E-state index in [1.54, 1.807) is 7.93 Å². The first kappa shape index (κ1) is 12.2. The Hall–Kier alpha value is -0.752. The van der Waals surface area contributed by atoms with E-state index in [4.69, 9.17) is 9.59 Å². The van der Waals surface area contributed by atoms with E-state index in [-0.39, 0.29) is 18.6 Å². The van der Waals surface area contributed by atoms with Gasteiger partial charge in [-0.15, -0.1) is 0 Å². The molecule has 4 radical (unpaired) electrons. The van der Waals surface area contributed by atoms with E-state index in [0.717, 1.165) is 0 Å². The monoisotopic (exact) mass is 258 g/mol. The Morgan fingerprint density at radius 3 is 2.08 bits per heavy atom. The Labute approximate surface area is 86.9 Å². The summed E-state index contributed by atoms with van der Waals surface area (Å²) in [6, 6.07) is 0. The van der Waals surface area contributed by atoms with Crippen molar-refractivity contribution in [2.24, 2.45) is 0 Å². The zero-order valence-electron chi connectivity index (χ0n) is 6.95. The SMILES string of the molecule is C1=CC[C]([Mo][C]2=CC2)=C1.[C]=O.[C]=O.